The summed E-state index contributed by atoms with van der Waals surface area (Å²) >= 11 is 0. The van der Waals surface area contributed by atoms with Gasteiger partial charge in [0, 0.05) is 32.2 Å². The molecule has 0 amide bonds. The smallest absolute Gasteiger partial charge is 0.161 e. The van der Waals surface area contributed by atoms with E-state index >= 15 is 0 Å². The van der Waals surface area contributed by atoms with Crippen LogP contribution in [0.25, 0.3) is 0 Å². The number of nitrogens with one attached hydrogen (secondary N) is 1. The number of ether oxygens (including phenoxy) is 1. The van der Waals surface area contributed by atoms with E-state index in [0.717, 1.165) is 26.2 Å². The first-order chi connectivity index (χ1) is 10.8. The minimum Gasteiger partial charge on any atom is -0.504 e. The van der Waals surface area contributed by atoms with E-state index in [1.54, 1.807) is 6.07 Å². The molecule has 1 saturated heterocycles. The molecule has 0 aromatic heterocycles. The first-order valence-corrected chi connectivity index (χ1v) is 8.66. The molecule has 1 aliphatic rings. The number of hydrogen-bond donors (Lipinski definition) is 2. The van der Waals surface area contributed by atoms with E-state index in [1.165, 1.54) is 31.2 Å². The van der Waals surface area contributed by atoms with Crippen molar-refractivity contribution in [3.05, 3.63) is 23.8 Å². The van der Waals surface area contributed by atoms with Crippen molar-refractivity contribution < 1.29 is 9.84 Å². The highest BCUT2D eigenvalue weighted by atomic mass is 16.5. The van der Waals surface area contributed by atoms with Crippen LogP contribution in [0, 0.1) is 0 Å². The number of hydrogen-bond acceptors (Lipinski definition) is 4. The summed E-state index contributed by atoms with van der Waals surface area (Å²) in [4.78, 5) is 2.56. The van der Waals surface area contributed by atoms with Crippen LogP contribution < -0.4 is 10.1 Å². The fraction of sp³-hybridized carbons (Fsp3) is 0.667. The van der Waals surface area contributed by atoms with Gasteiger partial charge in [0.05, 0.1) is 6.61 Å². The maximum Gasteiger partial charge on any atom is 0.161 e. The minimum absolute atomic E-state index is 0.234. The van der Waals surface area contributed by atoms with Crippen LogP contribution in [0.1, 0.15) is 51.1 Å². The predicted molar refractivity (Wildman–Crippen MR) is 90.6 cm³/mol. The normalized spacial score (nSPS) is 17.4. The van der Waals surface area contributed by atoms with Crippen LogP contribution in [0.2, 0.25) is 0 Å². The van der Waals surface area contributed by atoms with Crippen molar-refractivity contribution in [2.24, 2.45) is 0 Å². The quantitative estimate of drug-likeness (QED) is 0.723. The Balaban J connectivity index is 2.16. The van der Waals surface area contributed by atoms with Crippen molar-refractivity contribution in [3.63, 3.8) is 0 Å². The second-order valence-electron chi connectivity index (χ2n) is 5.96. The van der Waals surface area contributed by atoms with Gasteiger partial charge in [-0.15, -0.1) is 0 Å². The van der Waals surface area contributed by atoms with Crippen molar-refractivity contribution >= 4 is 0 Å². The van der Waals surface area contributed by atoms with Crippen LogP contribution >= 0.6 is 0 Å². The largest absolute Gasteiger partial charge is 0.504 e. The standard InChI is InChI=1S/C18H30N2O2/c1-3-5-6-7-16(20-12-10-19-11-13-20)15-8-9-17(21)18(14-15)22-4-2/h8-9,14,16,19,21H,3-7,10-13H2,1-2H3/t16-/m0/s1. The van der Waals surface area contributed by atoms with Gasteiger partial charge in [0.2, 0.25) is 0 Å². The van der Waals surface area contributed by atoms with E-state index in [4.69, 9.17) is 4.74 Å². The molecule has 4 heteroatoms. The Morgan fingerprint density at radius 3 is 2.68 bits per heavy atom. The summed E-state index contributed by atoms with van der Waals surface area (Å²) in [5.74, 6) is 0.842. The van der Waals surface area contributed by atoms with E-state index in [0.29, 0.717) is 18.4 Å². The molecular weight excluding hydrogens is 276 g/mol. The SMILES string of the molecule is CCCCC[C@@H](c1ccc(O)c(OCC)c1)N1CCNCC1. The summed E-state index contributed by atoms with van der Waals surface area (Å²) in [6.07, 6.45) is 4.94. The molecule has 1 heterocycles. The van der Waals surface area contributed by atoms with Crippen molar-refractivity contribution in [1.29, 1.82) is 0 Å². The van der Waals surface area contributed by atoms with E-state index in [2.05, 4.69) is 23.2 Å². The number of phenolic OH excluding ortho intramolecular Hbond substituents is 1. The van der Waals surface area contributed by atoms with E-state index < -0.39 is 0 Å². The van der Waals surface area contributed by atoms with E-state index in [-0.39, 0.29) is 5.75 Å². The number of piperazine rings is 1. The number of phenols is 1. The zero-order chi connectivity index (χ0) is 15.8. The lowest BCUT2D eigenvalue weighted by atomic mass is 9.97. The Morgan fingerprint density at radius 2 is 2.00 bits per heavy atom. The summed E-state index contributed by atoms with van der Waals surface area (Å²) < 4.78 is 5.56. The highest BCUT2D eigenvalue weighted by Gasteiger charge is 2.22. The van der Waals surface area contributed by atoms with Crippen molar-refractivity contribution in [1.82, 2.24) is 10.2 Å². The molecular formula is C18H30N2O2. The molecule has 0 unspecified atom stereocenters. The fourth-order valence-corrected chi connectivity index (χ4v) is 3.15. The topological polar surface area (TPSA) is 44.7 Å². The van der Waals surface area contributed by atoms with Crippen LogP contribution in [-0.2, 0) is 0 Å². The van der Waals surface area contributed by atoms with Gasteiger partial charge in [-0.05, 0) is 31.0 Å². The summed E-state index contributed by atoms with van der Waals surface area (Å²) in [6.45, 7) is 9.05. The maximum absolute atomic E-state index is 9.92. The average Bonchev–Trinajstić information content (AvgIpc) is 2.55. The maximum atomic E-state index is 9.92. The first-order valence-electron chi connectivity index (χ1n) is 8.66. The van der Waals surface area contributed by atoms with Crippen LogP contribution in [0.4, 0.5) is 0 Å². The zero-order valence-corrected chi connectivity index (χ0v) is 14.0. The molecule has 1 aromatic rings. The molecule has 1 atom stereocenters. The summed E-state index contributed by atoms with van der Waals surface area (Å²) in [6, 6.07) is 6.28. The van der Waals surface area contributed by atoms with Gasteiger partial charge in [0.25, 0.3) is 0 Å². The summed E-state index contributed by atoms with van der Waals surface area (Å²) in [5.41, 5.74) is 1.26. The van der Waals surface area contributed by atoms with Gasteiger partial charge in [-0.25, -0.2) is 0 Å². The Morgan fingerprint density at radius 1 is 1.23 bits per heavy atom. The summed E-state index contributed by atoms with van der Waals surface area (Å²) in [7, 11) is 0. The molecule has 1 aliphatic heterocycles. The third-order valence-electron chi connectivity index (χ3n) is 4.34. The third kappa shape index (κ3) is 4.62. The van der Waals surface area contributed by atoms with Gasteiger partial charge in [-0.1, -0.05) is 32.3 Å². The highest BCUT2D eigenvalue weighted by Crippen LogP contribution is 2.34. The van der Waals surface area contributed by atoms with Crippen LogP contribution in [0.15, 0.2) is 18.2 Å². The number of rotatable bonds is 8. The molecule has 0 radical (unpaired) electrons. The molecule has 22 heavy (non-hydrogen) atoms. The molecule has 1 fully saturated rings. The second kappa shape index (κ2) is 9.01. The molecule has 0 aliphatic carbocycles. The van der Waals surface area contributed by atoms with Crippen LogP contribution in [0.5, 0.6) is 11.5 Å². The molecule has 0 saturated carbocycles. The van der Waals surface area contributed by atoms with Gasteiger partial charge in [-0.2, -0.15) is 0 Å². The van der Waals surface area contributed by atoms with Crippen LogP contribution in [-0.4, -0.2) is 42.8 Å². The first kappa shape index (κ1) is 17.1. The van der Waals surface area contributed by atoms with Gasteiger partial charge >= 0.3 is 0 Å². The van der Waals surface area contributed by atoms with Crippen molar-refractivity contribution in [3.8, 4) is 11.5 Å². The molecule has 0 bridgehead atoms. The number of unbranched alkanes of at least 4 members (excludes halogenated alkanes) is 2. The van der Waals surface area contributed by atoms with Crippen molar-refractivity contribution in [2.75, 3.05) is 32.8 Å². The number of nitrogens with zero attached hydrogens (tertiary/aromatic N) is 1. The third-order valence-corrected chi connectivity index (χ3v) is 4.34. The zero-order valence-electron chi connectivity index (χ0n) is 14.0. The Kier molecular flexibility index (Phi) is 7.00. The molecule has 2 rings (SSSR count). The molecule has 1 aromatic carbocycles. The van der Waals surface area contributed by atoms with E-state index in [1.807, 2.05) is 13.0 Å². The molecule has 0 spiro atoms. The second-order valence-corrected chi connectivity index (χ2v) is 5.96. The number of benzene rings is 1. The lowest BCUT2D eigenvalue weighted by Gasteiger charge is -2.35. The van der Waals surface area contributed by atoms with Gasteiger partial charge in [-0.3, -0.25) is 4.90 Å². The minimum atomic E-state index is 0.234. The van der Waals surface area contributed by atoms with Crippen molar-refractivity contribution in [2.45, 2.75) is 45.6 Å². The lowest BCUT2D eigenvalue weighted by Crippen LogP contribution is -2.45. The highest BCUT2D eigenvalue weighted by molar-refractivity contribution is 5.42. The molecule has 4 nitrogen and oxygen atoms in total. The van der Waals surface area contributed by atoms with Crippen LogP contribution in [0.3, 0.4) is 0 Å². The lowest BCUT2D eigenvalue weighted by molar-refractivity contribution is 0.162. The Bertz CT molecular complexity index is 445. The Hall–Kier alpha value is -1.26. The van der Waals surface area contributed by atoms with Gasteiger partial charge in [0.15, 0.2) is 11.5 Å². The Labute approximate surface area is 134 Å². The monoisotopic (exact) mass is 306 g/mol. The molecule has 124 valence electrons. The average molecular weight is 306 g/mol. The van der Waals surface area contributed by atoms with E-state index in [9.17, 15) is 5.11 Å². The molecule has 2 N–H and O–H groups in total. The van der Waals surface area contributed by atoms with Gasteiger partial charge < -0.3 is 15.2 Å². The number of aromatic hydroxyl groups is 1. The predicted octanol–water partition coefficient (Wildman–Crippen LogP) is 3.32. The summed E-state index contributed by atoms with van der Waals surface area (Å²) in [5, 5.41) is 13.3. The van der Waals surface area contributed by atoms with Gasteiger partial charge in [0.1, 0.15) is 0 Å². The fourth-order valence-electron chi connectivity index (χ4n) is 3.15.